The minimum atomic E-state index is 0.624. The van der Waals surface area contributed by atoms with Crippen LogP contribution in [0.4, 0.5) is 0 Å². The highest BCUT2D eigenvalue weighted by Gasteiger charge is 2.18. The number of hydrogen-bond acceptors (Lipinski definition) is 3. The van der Waals surface area contributed by atoms with Gasteiger partial charge in [-0.3, -0.25) is 5.43 Å². The Bertz CT molecular complexity index is 172. The molecule has 0 aromatic rings. The number of nitrogens with zero attached hydrogens (tertiary/aromatic N) is 1. The molecule has 0 spiro atoms. The third kappa shape index (κ3) is 3.74. The van der Waals surface area contributed by atoms with Gasteiger partial charge in [-0.15, -0.1) is 0 Å². The molecule has 0 radical (unpaired) electrons. The molecule has 2 unspecified atom stereocenters. The second kappa shape index (κ2) is 5.83. The van der Waals surface area contributed by atoms with Crippen LogP contribution in [0.25, 0.3) is 0 Å². The summed E-state index contributed by atoms with van der Waals surface area (Å²) in [6.45, 7) is 6.01. The maximum atomic E-state index is 3.64. The molecule has 2 saturated heterocycles. The molecule has 3 heteroatoms. The van der Waals surface area contributed by atoms with Crippen LogP contribution in [0.2, 0.25) is 0 Å². The van der Waals surface area contributed by atoms with Gasteiger partial charge < -0.3 is 5.32 Å². The van der Waals surface area contributed by atoms with Gasteiger partial charge in [0.15, 0.2) is 0 Å². The summed E-state index contributed by atoms with van der Waals surface area (Å²) >= 11 is 0. The van der Waals surface area contributed by atoms with Crippen LogP contribution in [0.3, 0.4) is 0 Å². The van der Waals surface area contributed by atoms with Crippen molar-refractivity contribution in [1.82, 2.24) is 15.8 Å². The Morgan fingerprint density at radius 1 is 1.27 bits per heavy atom. The molecule has 2 N–H and O–H groups in total. The minimum absolute atomic E-state index is 0.624. The molecule has 2 fully saturated rings. The Kier molecular flexibility index (Phi) is 4.42. The lowest BCUT2D eigenvalue weighted by Crippen LogP contribution is -2.47. The van der Waals surface area contributed by atoms with Crippen molar-refractivity contribution in [1.29, 1.82) is 0 Å². The predicted molar refractivity (Wildman–Crippen MR) is 63.7 cm³/mol. The number of nitrogens with one attached hydrogen (secondary N) is 2. The molecule has 15 heavy (non-hydrogen) atoms. The van der Waals surface area contributed by atoms with Crippen molar-refractivity contribution >= 4 is 0 Å². The van der Waals surface area contributed by atoms with Gasteiger partial charge >= 0.3 is 0 Å². The van der Waals surface area contributed by atoms with Crippen LogP contribution in [0, 0.1) is 0 Å². The minimum Gasteiger partial charge on any atom is -0.314 e. The van der Waals surface area contributed by atoms with Gasteiger partial charge in [0.25, 0.3) is 0 Å². The smallest absolute Gasteiger partial charge is 0.0201 e. The Hall–Kier alpha value is -0.120. The lowest BCUT2D eigenvalue weighted by Gasteiger charge is -2.31. The van der Waals surface area contributed by atoms with E-state index in [1.54, 1.807) is 0 Å². The number of rotatable bonds is 4. The summed E-state index contributed by atoms with van der Waals surface area (Å²) in [6.07, 6.45) is 8.14. The topological polar surface area (TPSA) is 27.3 Å². The van der Waals surface area contributed by atoms with Crippen molar-refractivity contribution in [3.8, 4) is 0 Å². The van der Waals surface area contributed by atoms with Crippen molar-refractivity contribution in [2.75, 3.05) is 19.6 Å². The van der Waals surface area contributed by atoms with E-state index >= 15 is 0 Å². The summed E-state index contributed by atoms with van der Waals surface area (Å²) in [6, 6.07) is 1.39. The standard InChI is InChI=1S/C12H25N3/c1-11(10-12-6-5-7-13-12)14-15-8-3-2-4-9-15/h11-14H,2-10H2,1H3. The first-order valence-electron chi connectivity index (χ1n) is 6.59. The maximum absolute atomic E-state index is 3.64. The molecule has 0 aromatic carbocycles. The summed E-state index contributed by atoms with van der Waals surface area (Å²) in [5.74, 6) is 0. The highest BCUT2D eigenvalue weighted by Crippen LogP contribution is 2.12. The van der Waals surface area contributed by atoms with Gasteiger partial charge in [-0.1, -0.05) is 6.42 Å². The van der Waals surface area contributed by atoms with Gasteiger partial charge in [-0.25, -0.2) is 5.01 Å². The van der Waals surface area contributed by atoms with Crippen LogP contribution in [0.15, 0.2) is 0 Å². The number of hydrogen-bond donors (Lipinski definition) is 2. The first-order valence-corrected chi connectivity index (χ1v) is 6.59. The summed E-state index contributed by atoms with van der Waals surface area (Å²) in [5.41, 5.74) is 3.64. The van der Waals surface area contributed by atoms with Gasteiger partial charge in [0.05, 0.1) is 0 Å². The van der Waals surface area contributed by atoms with Crippen molar-refractivity contribution < 1.29 is 0 Å². The quantitative estimate of drug-likeness (QED) is 0.738. The SMILES string of the molecule is CC(CC1CCCN1)NN1CCCCC1. The lowest BCUT2D eigenvalue weighted by atomic mass is 10.1. The largest absolute Gasteiger partial charge is 0.314 e. The van der Waals surface area contributed by atoms with Crippen molar-refractivity contribution in [3.63, 3.8) is 0 Å². The Morgan fingerprint density at radius 3 is 2.73 bits per heavy atom. The molecule has 0 aliphatic carbocycles. The molecule has 2 atom stereocenters. The van der Waals surface area contributed by atoms with Gasteiger partial charge in [-0.05, 0) is 45.6 Å². The van der Waals surface area contributed by atoms with Crippen molar-refractivity contribution in [2.45, 2.75) is 57.5 Å². The van der Waals surface area contributed by atoms with E-state index in [4.69, 9.17) is 0 Å². The number of hydrazine groups is 1. The third-order valence-electron chi connectivity index (χ3n) is 3.56. The summed E-state index contributed by atoms with van der Waals surface area (Å²) in [5, 5.41) is 5.99. The van der Waals surface area contributed by atoms with Crippen LogP contribution in [-0.4, -0.2) is 36.7 Å². The van der Waals surface area contributed by atoms with E-state index in [1.807, 2.05) is 0 Å². The van der Waals surface area contributed by atoms with E-state index in [-0.39, 0.29) is 0 Å². The Labute approximate surface area is 93.6 Å². The van der Waals surface area contributed by atoms with E-state index in [0.717, 1.165) is 6.04 Å². The van der Waals surface area contributed by atoms with Gasteiger partial charge in [0.2, 0.25) is 0 Å². The van der Waals surface area contributed by atoms with Crippen LogP contribution >= 0.6 is 0 Å². The lowest BCUT2D eigenvalue weighted by molar-refractivity contribution is 0.127. The average molecular weight is 211 g/mol. The molecule has 2 aliphatic rings. The molecule has 3 nitrogen and oxygen atoms in total. The zero-order valence-corrected chi connectivity index (χ0v) is 9.97. The molecule has 2 heterocycles. The van der Waals surface area contributed by atoms with Crippen LogP contribution in [0.1, 0.15) is 45.4 Å². The average Bonchev–Trinajstić information content (AvgIpc) is 2.71. The highest BCUT2D eigenvalue weighted by molar-refractivity contribution is 4.78. The Balaban J connectivity index is 1.64. The number of piperidine rings is 1. The van der Waals surface area contributed by atoms with Gasteiger partial charge in [0.1, 0.15) is 0 Å². The normalized spacial score (nSPS) is 30.6. The predicted octanol–water partition coefficient (Wildman–Crippen LogP) is 1.51. The second-order valence-corrected chi connectivity index (χ2v) is 5.11. The first-order chi connectivity index (χ1) is 7.34. The van der Waals surface area contributed by atoms with Crippen LogP contribution < -0.4 is 10.7 Å². The van der Waals surface area contributed by atoms with E-state index in [0.29, 0.717) is 6.04 Å². The molecule has 0 aromatic heterocycles. The van der Waals surface area contributed by atoms with Crippen molar-refractivity contribution in [2.24, 2.45) is 0 Å². The monoisotopic (exact) mass is 211 g/mol. The fourth-order valence-electron chi connectivity index (χ4n) is 2.77. The fraction of sp³-hybridized carbons (Fsp3) is 1.00. The maximum Gasteiger partial charge on any atom is 0.0201 e. The molecule has 0 saturated carbocycles. The molecule has 2 aliphatic heterocycles. The molecule has 0 amide bonds. The van der Waals surface area contributed by atoms with Crippen LogP contribution in [-0.2, 0) is 0 Å². The summed E-state index contributed by atoms with van der Waals surface area (Å²) in [4.78, 5) is 0. The van der Waals surface area contributed by atoms with E-state index in [1.165, 1.54) is 58.2 Å². The molecule has 0 bridgehead atoms. The second-order valence-electron chi connectivity index (χ2n) is 5.11. The molecule has 2 rings (SSSR count). The zero-order valence-electron chi connectivity index (χ0n) is 9.97. The summed E-state index contributed by atoms with van der Waals surface area (Å²) < 4.78 is 0. The molecular formula is C12H25N3. The van der Waals surface area contributed by atoms with Crippen molar-refractivity contribution in [3.05, 3.63) is 0 Å². The van der Waals surface area contributed by atoms with E-state index in [9.17, 15) is 0 Å². The van der Waals surface area contributed by atoms with Gasteiger partial charge in [0, 0.05) is 25.2 Å². The zero-order chi connectivity index (χ0) is 10.5. The molecular weight excluding hydrogens is 186 g/mol. The Morgan fingerprint density at radius 2 is 2.07 bits per heavy atom. The fourth-order valence-corrected chi connectivity index (χ4v) is 2.77. The molecule has 88 valence electrons. The van der Waals surface area contributed by atoms with Gasteiger partial charge in [-0.2, -0.15) is 0 Å². The van der Waals surface area contributed by atoms with E-state index < -0.39 is 0 Å². The van der Waals surface area contributed by atoms with Crippen LogP contribution in [0.5, 0.6) is 0 Å². The first kappa shape index (κ1) is 11.4. The third-order valence-corrected chi connectivity index (χ3v) is 3.56. The highest BCUT2D eigenvalue weighted by atomic mass is 15.5. The summed E-state index contributed by atoms with van der Waals surface area (Å²) in [7, 11) is 0. The van der Waals surface area contributed by atoms with E-state index in [2.05, 4.69) is 22.7 Å².